The molecule has 132 valence electrons. The molecule has 0 radical (unpaired) electrons. The van der Waals surface area contributed by atoms with Gasteiger partial charge in [-0.15, -0.1) is 11.8 Å². The van der Waals surface area contributed by atoms with Gasteiger partial charge in [-0.25, -0.2) is 0 Å². The largest absolute Gasteiger partial charge is 0.486 e. The summed E-state index contributed by atoms with van der Waals surface area (Å²) in [4.78, 5) is 14.9. The van der Waals surface area contributed by atoms with Crippen LogP contribution in [0.2, 0.25) is 10.0 Å². The number of amides is 1. The van der Waals surface area contributed by atoms with Gasteiger partial charge in [0.25, 0.3) is 0 Å². The summed E-state index contributed by atoms with van der Waals surface area (Å²) in [5.41, 5.74) is 0.992. The number of carbonyl (C=O) groups is 1. The molecule has 1 amide bonds. The van der Waals surface area contributed by atoms with E-state index < -0.39 is 0 Å². The minimum Gasteiger partial charge on any atom is -0.486 e. The summed E-state index contributed by atoms with van der Waals surface area (Å²) in [6, 6.07) is 11.0. The van der Waals surface area contributed by atoms with Crippen LogP contribution in [0.1, 0.15) is 5.56 Å². The molecule has 1 aliphatic heterocycles. The van der Waals surface area contributed by atoms with Crippen LogP contribution in [0.15, 0.2) is 41.3 Å². The Morgan fingerprint density at radius 2 is 1.88 bits per heavy atom. The Labute approximate surface area is 161 Å². The van der Waals surface area contributed by atoms with Crippen molar-refractivity contribution in [3.63, 3.8) is 0 Å². The summed E-state index contributed by atoms with van der Waals surface area (Å²) in [6.45, 7) is 1.61. The van der Waals surface area contributed by atoms with Crippen molar-refractivity contribution in [3.05, 3.63) is 52.0 Å². The molecule has 2 aromatic rings. The van der Waals surface area contributed by atoms with E-state index in [0.29, 0.717) is 35.6 Å². The monoisotopic (exact) mass is 397 g/mol. The van der Waals surface area contributed by atoms with Crippen molar-refractivity contribution in [2.45, 2.75) is 11.4 Å². The smallest absolute Gasteiger partial charge is 0.232 e. The molecule has 0 bridgehead atoms. The number of halogens is 2. The van der Waals surface area contributed by atoms with Crippen LogP contribution in [-0.4, -0.2) is 36.8 Å². The fourth-order valence-electron chi connectivity index (χ4n) is 2.39. The first kappa shape index (κ1) is 18.2. The van der Waals surface area contributed by atoms with E-state index in [1.807, 2.05) is 18.2 Å². The van der Waals surface area contributed by atoms with Crippen LogP contribution < -0.4 is 9.47 Å². The molecule has 3 rings (SSSR count). The molecular weight excluding hydrogens is 381 g/mol. The molecule has 4 nitrogen and oxygen atoms in total. The van der Waals surface area contributed by atoms with Crippen molar-refractivity contribution in [1.82, 2.24) is 4.90 Å². The third-order valence-corrected chi connectivity index (χ3v) is 5.41. The van der Waals surface area contributed by atoms with Gasteiger partial charge in [0, 0.05) is 23.5 Å². The van der Waals surface area contributed by atoms with E-state index in [4.69, 9.17) is 32.7 Å². The predicted octanol–water partition coefficient (Wildman–Crippen LogP) is 4.52. The van der Waals surface area contributed by atoms with E-state index in [2.05, 4.69) is 0 Å². The molecule has 0 spiro atoms. The fourth-order valence-corrected chi connectivity index (χ4v) is 3.82. The predicted molar refractivity (Wildman–Crippen MR) is 101 cm³/mol. The molecule has 0 saturated heterocycles. The SMILES string of the molecule is CN(Cc1ccc2c(c1)OCCO2)C(=O)CSc1cc(Cl)ccc1Cl. The van der Waals surface area contributed by atoms with Crippen LogP contribution in [0, 0.1) is 0 Å². The van der Waals surface area contributed by atoms with E-state index in [9.17, 15) is 4.79 Å². The number of benzene rings is 2. The molecule has 25 heavy (non-hydrogen) atoms. The van der Waals surface area contributed by atoms with Crippen molar-refractivity contribution in [2.75, 3.05) is 26.0 Å². The number of nitrogens with zero attached hydrogens (tertiary/aromatic N) is 1. The number of carbonyl (C=O) groups excluding carboxylic acids is 1. The summed E-state index contributed by atoms with van der Waals surface area (Å²) < 4.78 is 11.1. The highest BCUT2D eigenvalue weighted by Gasteiger charge is 2.15. The lowest BCUT2D eigenvalue weighted by Crippen LogP contribution is -2.27. The standard InChI is InChI=1S/C18H17Cl2NO3S/c1-21(10-12-2-5-15-16(8-12)24-7-6-23-15)18(22)11-25-17-9-13(19)3-4-14(17)20/h2-5,8-9H,6-7,10-11H2,1H3. The highest BCUT2D eigenvalue weighted by atomic mass is 35.5. The van der Waals surface area contributed by atoms with Gasteiger partial charge >= 0.3 is 0 Å². The second-order valence-corrected chi connectivity index (χ2v) is 7.45. The lowest BCUT2D eigenvalue weighted by atomic mass is 10.2. The Bertz CT molecular complexity index is 785. The van der Waals surface area contributed by atoms with Crippen LogP contribution in [-0.2, 0) is 11.3 Å². The summed E-state index contributed by atoms with van der Waals surface area (Å²) in [5, 5.41) is 1.20. The maximum absolute atomic E-state index is 12.4. The Kier molecular flexibility index (Phi) is 5.99. The maximum Gasteiger partial charge on any atom is 0.232 e. The van der Waals surface area contributed by atoms with E-state index in [1.165, 1.54) is 11.8 Å². The fraction of sp³-hybridized carbons (Fsp3) is 0.278. The summed E-state index contributed by atoms with van der Waals surface area (Å²) in [7, 11) is 1.78. The van der Waals surface area contributed by atoms with Gasteiger partial charge in [0.15, 0.2) is 11.5 Å². The topological polar surface area (TPSA) is 38.8 Å². The Morgan fingerprint density at radius 3 is 2.68 bits per heavy atom. The molecule has 0 atom stereocenters. The third-order valence-electron chi connectivity index (χ3n) is 3.70. The van der Waals surface area contributed by atoms with E-state index in [-0.39, 0.29) is 5.91 Å². The van der Waals surface area contributed by atoms with Crippen molar-refractivity contribution in [1.29, 1.82) is 0 Å². The first-order valence-electron chi connectivity index (χ1n) is 7.73. The number of fused-ring (bicyclic) bond motifs is 1. The zero-order chi connectivity index (χ0) is 17.8. The first-order chi connectivity index (χ1) is 12.0. The van der Waals surface area contributed by atoms with Crippen molar-refractivity contribution < 1.29 is 14.3 Å². The van der Waals surface area contributed by atoms with Gasteiger partial charge in [-0.1, -0.05) is 29.3 Å². The Morgan fingerprint density at radius 1 is 1.12 bits per heavy atom. The molecule has 0 aliphatic carbocycles. The lowest BCUT2D eigenvalue weighted by Gasteiger charge is -2.21. The van der Waals surface area contributed by atoms with Crippen LogP contribution in [0.4, 0.5) is 0 Å². The lowest BCUT2D eigenvalue weighted by molar-refractivity contribution is -0.127. The van der Waals surface area contributed by atoms with Crippen molar-refractivity contribution >= 4 is 40.9 Å². The van der Waals surface area contributed by atoms with Gasteiger partial charge in [-0.3, -0.25) is 4.79 Å². The molecular formula is C18H17Cl2NO3S. The number of rotatable bonds is 5. The normalized spacial score (nSPS) is 12.8. The molecule has 2 aromatic carbocycles. The first-order valence-corrected chi connectivity index (χ1v) is 9.47. The second-order valence-electron chi connectivity index (χ2n) is 5.59. The number of hydrogen-bond donors (Lipinski definition) is 0. The molecule has 7 heteroatoms. The van der Waals surface area contributed by atoms with Gasteiger partial charge in [0.2, 0.25) is 5.91 Å². The zero-order valence-electron chi connectivity index (χ0n) is 13.6. The second kappa shape index (κ2) is 8.21. The summed E-state index contributed by atoms with van der Waals surface area (Å²) in [5.74, 6) is 1.77. The summed E-state index contributed by atoms with van der Waals surface area (Å²) >= 11 is 13.5. The van der Waals surface area contributed by atoms with Gasteiger partial charge in [-0.2, -0.15) is 0 Å². The van der Waals surface area contributed by atoms with Crippen LogP contribution in [0.25, 0.3) is 0 Å². The van der Waals surface area contributed by atoms with E-state index in [1.54, 1.807) is 30.1 Å². The molecule has 0 saturated carbocycles. The number of ether oxygens (including phenoxy) is 2. The maximum atomic E-state index is 12.4. The minimum absolute atomic E-state index is 0.0101. The Hall–Kier alpha value is -1.56. The number of thioether (sulfide) groups is 1. The third kappa shape index (κ3) is 4.75. The van der Waals surface area contributed by atoms with Crippen molar-refractivity contribution in [3.8, 4) is 11.5 Å². The molecule has 0 fully saturated rings. The molecule has 1 aliphatic rings. The average Bonchev–Trinajstić information content (AvgIpc) is 2.62. The molecule has 1 heterocycles. The molecule has 0 N–H and O–H groups in total. The van der Waals surface area contributed by atoms with Gasteiger partial charge in [-0.05, 0) is 35.9 Å². The van der Waals surface area contributed by atoms with Crippen LogP contribution in [0.3, 0.4) is 0 Å². The van der Waals surface area contributed by atoms with Crippen molar-refractivity contribution in [2.24, 2.45) is 0 Å². The highest BCUT2D eigenvalue weighted by molar-refractivity contribution is 8.00. The Balaban J connectivity index is 1.58. The summed E-state index contributed by atoms with van der Waals surface area (Å²) in [6.07, 6.45) is 0. The quantitative estimate of drug-likeness (QED) is 0.695. The minimum atomic E-state index is 0.0101. The van der Waals surface area contributed by atoms with Crippen LogP contribution >= 0.6 is 35.0 Å². The van der Waals surface area contributed by atoms with E-state index >= 15 is 0 Å². The van der Waals surface area contributed by atoms with Gasteiger partial charge in [0.1, 0.15) is 13.2 Å². The highest BCUT2D eigenvalue weighted by Crippen LogP contribution is 2.32. The van der Waals surface area contributed by atoms with Gasteiger partial charge < -0.3 is 14.4 Å². The number of hydrogen-bond acceptors (Lipinski definition) is 4. The van der Waals surface area contributed by atoms with Gasteiger partial charge in [0.05, 0.1) is 10.8 Å². The zero-order valence-corrected chi connectivity index (χ0v) is 16.0. The molecule has 0 aromatic heterocycles. The van der Waals surface area contributed by atoms with Crippen LogP contribution in [0.5, 0.6) is 11.5 Å². The van der Waals surface area contributed by atoms with E-state index in [0.717, 1.165) is 22.0 Å². The average molecular weight is 398 g/mol. The molecule has 0 unspecified atom stereocenters.